The second kappa shape index (κ2) is 5.20. The first-order valence-electron chi connectivity index (χ1n) is 6.58. The lowest BCUT2D eigenvalue weighted by Crippen LogP contribution is -2.32. The van der Waals surface area contributed by atoms with Crippen molar-refractivity contribution in [2.24, 2.45) is 0 Å². The molecule has 3 rings (SSSR count). The number of ether oxygens (including phenoxy) is 1. The fourth-order valence-electron chi connectivity index (χ4n) is 2.48. The number of hydrogen-bond acceptors (Lipinski definition) is 5. The van der Waals surface area contributed by atoms with E-state index < -0.39 is 10.2 Å². The first-order chi connectivity index (χ1) is 9.93. The Hall–Kier alpha value is -1.22. The molecular formula is C13H17N3O3S2. The minimum atomic E-state index is -3.62. The minimum absolute atomic E-state index is 0.379. The van der Waals surface area contributed by atoms with Crippen LogP contribution in [0.2, 0.25) is 0 Å². The third-order valence-electron chi connectivity index (χ3n) is 3.55. The Bertz CT molecular complexity index is 761. The molecule has 2 aromatic rings. The van der Waals surface area contributed by atoms with Crippen molar-refractivity contribution in [2.75, 3.05) is 20.7 Å². The molecule has 0 fully saturated rings. The van der Waals surface area contributed by atoms with Gasteiger partial charge in [-0.05, 0) is 18.4 Å². The highest BCUT2D eigenvalue weighted by Gasteiger charge is 2.31. The monoisotopic (exact) mass is 327 g/mol. The Morgan fingerprint density at radius 2 is 2.24 bits per heavy atom. The summed E-state index contributed by atoms with van der Waals surface area (Å²) in [4.78, 5) is 5.43. The molecule has 0 bridgehead atoms. The number of thiophene rings is 1. The predicted molar refractivity (Wildman–Crippen MR) is 80.8 cm³/mol. The van der Waals surface area contributed by atoms with E-state index >= 15 is 0 Å². The molecule has 21 heavy (non-hydrogen) atoms. The molecule has 3 heterocycles. The van der Waals surface area contributed by atoms with Gasteiger partial charge in [-0.25, -0.2) is 8.96 Å². The summed E-state index contributed by atoms with van der Waals surface area (Å²) in [5.74, 6) is 0.435. The third kappa shape index (κ3) is 2.32. The van der Waals surface area contributed by atoms with Crippen LogP contribution in [-0.4, -0.2) is 42.4 Å². The number of rotatable bonds is 3. The van der Waals surface area contributed by atoms with Crippen molar-refractivity contribution in [2.45, 2.75) is 19.4 Å². The molecule has 0 saturated heterocycles. The van der Waals surface area contributed by atoms with Crippen LogP contribution in [0, 0.1) is 6.92 Å². The lowest BCUT2D eigenvalue weighted by molar-refractivity contribution is 0.0677. The van der Waals surface area contributed by atoms with Crippen LogP contribution in [0.5, 0.6) is 0 Å². The van der Waals surface area contributed by atoms with Crippen molar-refractivity contribution < 1.29 is 13.2 Å². The van der Waals surface area contributed by atoms with Crippen LogP contribution in [0.3, 0.4) is 0 Å². The average molecular weight is 327 g/mol. The summed E-state index contributed by atoms with van der Waals surface area (Å²) in [6, 6.07) is 2.00. The van der Waals surface area contributed by atoms with E-state index in [1.165, 1.54) is 27.3 Å². The van der Waals surface area contributed by atoms with Crippen LogP contribution < -0.4 is 0 Å². The SMILES string of the molecule is Cc1ncc(C2OCCc3sccc32)n1S(=O)(=O)N(C)C. The Labute approximate surface area is 128 Å². The zero-order valence-electron chi connectivity index (χ0n) is 12.1. The Morgan fingerprint density at radius 3 is 2.95 bits per heavy atom. The molecule has 0 amide bonds. The maximum Gasteiger partial charge on any atom is 0.308 e. The van der Waals surface area contributed by atoms with Crippen LogP contribution in [0.1, 0.15) is 28.1 Å². The van der Waals surface area contributed by atoms with Gasteiger partial charge < -0.3 is 4.74 Å². The molecule has 1 aliphatic heterocycles. The molecule has 1 atom stereocenters. The molecule has 8 heteroatoms. The van der Waals surface area contributed by atoms with Gasteiger partial charge in [-0.15, -0.1) is 11.3 Å². The smallest absolute Gasteiger partial charge is 0.308 e. The molecule has 0 radical (unpaired) electrons. The van der Waals surface area contributed by atoms with Crippen molar-refractivity contribution >= 4 is 21.5 Å². The van der Waals surface area contributed by atoms with E-state index in [-0.39, 0.29) is 6.10 Å². The van der Waals surface area contributed by atoms with E-state index in [4.69, 9.17) is 4.74 Å². The first kappa shape index (κ1) is 14.7. The number of aryl methyl sites for hydroxylation is 1. The molecule has 0 N–H and O–H groups in total. The number of hydrogen-bond donors (Lipinski definition) is 0. The van der Waals surface area contributed by atoms with Gasteiger partial charge in [0, 0.05) is 31.0 Å². The van der Waals surface area contributed by atoms with E-state index in [2.05, 4.69) is 4.98 Å². The molecule has 0 aromatic carbocycles. The minimum Gasteiger partial charge on any atom is -0.367 e. The molecule has 0 spiro atoms. The number of aromatic nitrogens is 2. The summed E-state index contributed by atoms with van der Waals surface area (Å²) in [6.45, 7) is 2.27. The van der Waals surface area contributed by atoms with E-state index in [0.29, 0.717) is 18.1 Å². The number of imidazole rings is 1. The van der Waals surface area contributed by atoms with Gasteiger partial charge in [-0.3, -0.25) is 0 Å². The quantitative estimate of drug-likeness (QED) is 0.858. The molecule has 1 unspecified atom stereocenters. The summed E-state index contributed by atoms with van der Waals surface area (Å²) in [7, 11) is -0.598. The standard InChI is InChI=1S/C13H17N3O3S2/c1-9-14-8-11(16(9)21(17,18)15(2)3)13-10-5-7-20-12(10)4-6-19-13/h5,7-8,13H,4,6H2,1-3H3. The summed E-state index contributed by atoms with van der Waals surface area (Å²) >= 11 is 1.68. The fourth-order valence-corrected chi connectivity index (χ4v) is 4.49. The molecule has 0 saturated carbocycles. The van der Waals surface area contributed by atoms with Gasteiger partial charge in [0.1, 0.15) is 11.9 Å². The summed E-state index contributed by atoms with van der Waals surface area (Å²) in [6.07, 6.45) is 2.08. The Kier molecular flexibility index (Phi) is 3.64. The zero-order valence-corrected chi connectivity index (χ0v) is 13.7. The van der Waals surface area contributed by atoms with Gasteiger partial charge in [0.25, 0.3) is 0 Å². The van der Waals surface area contributed by atoms with E-state index in [0.717, 1.165) is 12.0 Å². The summed E-state index contributed by atoms with van der Waals surface area (Å²) < 4.78 is 33.3. The van der Waals surface area contributed by atoms with E-state index in [9.17, 15) is 8.42 Å². The average Bonchev–Trinajstić information content (AvgIpc) is 3.04. The molecule has 2 aromatic heterocycles. The van der Waals surface area contributed by atoms with Crippen LogP contribution >= 0.6 is 11.3 Å². The Morgan fingerprint density at radius 1 is 1.48 bits per heavy atom. The maximum atomic E-state index is 12.5. The van der Waals surface area contributed by atoms with Crippen molar-refractivity contribution in [3.63, 3.8) is 0 Å². The number of nitrogens with zero attached hydrogens (tertiary/aromatic N) is 3. The molecular weight excluding hydrogens is 310 g/mol. The van der Waals surface area contributed by atoms with Gasteiger partial charge >= 0.3 is 10.2 Å². The molecule has 114 valence electrons. The molecule has 1 aliphatic rings. The highest BCUT2D eigenvalue weighted by molar-refractivity contribution is 7.87. The first-order valence-corrected chi connectivity index (χ1v) is 8.85. The van der Waals surface area contributed by atoms with Crippen LogP contribution in [0.15, 0.2) is 17.6 Å². The van der Waals surface area contributed by atoms with E-state index in [1.807, 2.05) is 11.4 Å². The van der Waals surface area contributed by atoms with Gasteiger partial charge in [0.15, 0.2) is 0 Å². The van der Waals surface area contributed by atoms with Crippen molar-refractivity contribution in [3.05, 3.63) is 39.6 Å². The largest absolute Gasteiger partial charge is 0.367 e. The van der Waals surface area contributed by atoms with E-state index in [1.54, 1.807) is 24.5 Å². The highest BCUT2D eigenvalue weighted by atomic mass is 32.2. The zero-order chi connectivity index (χ0) is 15.2. The third-order valence-corrected chi connectivity index (χ3v) is 6.40. The second-order valence-corrected chi connectivity index (χ2v) is 8.08. The second-order valence-electron chi connectivity index (χ2n) is 5.08. The molecule has 0 aliphatic carbocycles. The van der Waals surface area contributed by atoms with Gasteiger partial charge in [0.05, 0.1) is 18.5 Å². The molecule has 6 nitrogen and oxygen atoms in total. The summed E-state index contributed by atoms with van der Waals surface area (Å²) in [5, 5.41) is 2.01. The summed E-state index contributed by atoms with van der Waals surface area (Å²) in [5.41, 5.74) is 1.60. The van der Waals surface area contributed by atoms with Crippen molar-refractivity contribution in [3.8, 4) is 0 Å². The van der Waals surface area contributed by atoms with Gasteiger partial charge in [-0.1, -0.05) is 0 Å². The van der Waals surface area contributed by atoms with Crippen LogP contribution in [0.4, 0.5) is 0 Å². The normalized spacial score (nSPS) is 19.0. The number of fused-ring (bicyclic) bond motifs is 1. The maximum absolute atomic E-state index is 12.5. The lowest BCUT2D eigenvalue weighted by Gasteiger charge is -2.25. The van der Waals surface area contributed by atoms with Gasteiger partial charge in [-0.2, -0.15) is 12.7 Å². The Balaban J connectivity index is 2.15. The highest BCUT2D eigenvalue weighted by Crippen LogP contribution is 2.36. The van der Waals surface area contributed by atoms with Gasteiger partial charge in [0.2, 0.25) is 0 Å². The van der Waals surface area contributed by atoms with Crippen LogP contribution in [-0.2, 0) is 21.4 Å². The predicted octanol–water partition coefficient (Wildman–Crippen LogP) is 1.57. The lowest BCUT2D eigenvalue weighted by atomic mass is 10.0. The van der Waals surface area contributed by atoms with Crippen molar-refractivity contribution in [1.29, 1.82) is 0 Å². The van der Waals surface area contributed by atoms with Crippen LogP contribution in [0.25, 0.3) is 0 Å². The van der Waals surface area contributed by atoms with Crippen molar-refractivity contribution in [1.82, 2.24) is 13.3 Å². The topological polar surface area (TPSA) is 64.4 Å². The fraction of sp³-hybridized carbons (Fsp3) is 0.462.